The molecule has 0 aromatic heterocycles. The highest BCUT2D eigenvalue weighted by molar-refractivity contribution is 9.13. The van der Waals surface area contributed by atoms with Gasteiger partial charge in [-0.05, 0) is 67.6 Å². The van der Waals surface area contributed by atoms with Gasteiger partial charge in [0.2, 0.25) is 0 Å². The molecular formula is C12H10Br2. The minimum absolute atomic E-state index is 1.15. The van der Waals surface area contributed by atoms with Crippen molar-refractivity contribution in [2.45, 2.75) is 13.8 Å². The third kappa shape index (κ3) is 1.41. The quantitative estimate of drug-likeness (QED) is 0.643. The number of hydrogen-bond acceptors (Lipinski definition) is 0. The lowest BCUT2D eigenvalue weighted by molar-refractivity contribution is 1.34. The Morgan fingerprint density at radius 2 is 1.36 bits per heavy atom. The molecule has 2 aromatic rings. The van der Waals surface area contributed by atoms with Crippen molar-refractivity contribution in [2.24, 2.45) is 0 Å². The molecule has 0 radical (unpaired) electrons. The van der Waals surface area contributed by atoms with Gasteiger partial charge in [-0.3, -0.25) is 0 Å². The summed E-state index contributed by atoms with van der Waals surface area (Å²) in [5, 5.41) is 2.59. The Balaban J connectivity index is 3.02. The van der Waals surface area contributed by atoms with Crippen LogP contribution >= 0.6 is 31.9 Å². The van der Waals surface area contributed by atoms with Crippen LogP contribution in [0, 0.1) is 13.8 Å². The fourth-order valence-corrected chi connectivity index (χ4v) is 2.81. The van der Waals surface area contributed by atoms with Gasteiger partial charge in [0, 0.05) is 8.95 Å². The van der Waals surface area contributed by atoms with Crippen LogP contribution in [-0.4, -0.2) is 0 Å². The van der Waals surface area contributed by atoms with Crippen LogP contribution < -0.4 is 0 Å². The molecule has 2 aromatic carbocycles. The Kier molecular flexibility index (Phi) is 2.67. The van der Waals surface area contributed by atoms with Crippen LogP contribution in [0.25, 0.3) is 10.8 Å². The van der Waals surface area contributed by atoms with E-state index in [2.05, 4.69) is 70.0 Å². The fraction of sp³-hybridized carbons (Fsp3) is 0.167. The van der Waals surface area contributed by atoms with Crippen LogP contribution in [0.1, 0.15) is 11.1 Å². The molecule has 0 fully saturated rings. The predicted molar refractivity (Wildman–Crippen MR) is 68.8 cm³/mol. The van der Waals surface area contributed by atoms with Gasteiger partial charge in [0.25, 0.3) is 0 Å². The largest absolute Gasteiger partial charge is 0.0616 e. The number of hydrogen-bond donors (Lipinski definition) is 0. The van der Waals surface area contributed by atoms with Gasteiger partial charge in [-0.1, -0.05) is 24.3 Å². The third-order valence-corrected chi connectivity index (χ3v) is 5.00. The molecule has 0 heterocycles. The van der Waals surface area contributed by atoms with Crippen molar-refractivity contribution in [3.05, 3.63) is 44.3 Å². The molecule has 0 N–H and O–H groups in total. The first kappa shape index (κ1) is 10.2. The molecular weight excluding hydrogens is 304 g/mol. The predicted octanol–water partition coefficient (Wildman–Crippen LogP) is 4.98. The molecule has 0 saturated carbocycles. The summed E-state index contributed by atoms with van der Waals surface area (Å²) in [6, 6.07) is 8.44. The van der Waals surface area contributed by atoms with E-state index in [4.69, 9.17) is 0 Å². The lowest BCUT2D eigenvalue weighted by Gasteiger charge is -2.11. The summed E-state index contributed by atoms with van der Waals surface area (Å²) in [6.07, 6.45) is 0. The second-order valence-corrected chi connectivity index (χ2v) is 5.01. The molecule has 2 heteroatoms. The lowest BCUT2D eigenvalue weighted by atomic mass is 10.0. The first-order valence-corrected chi connectivity index (χ1v) is 6.04. The van der Waals surface area contributed by atoms with Crippen molar-refractivity contribution in [2.75, 3.05) is 0 Å². The second-order valence-electron chi connectivity index (χ2n) is 3.42. The van der Waals surface area contributed by atoms with Crippen molar-refractivity contribution in [1.82, 2.24) is 0 Å². The molecule has 2 rings (SSSR count). The SMILES string of the molecule is Cc1c(Br)c(Br)c2ccccc2c1C. The minimum Gasteiger partial charge on any atom is -0.0616 e. The Morgan fingerprint density at radius 1 is 0.786 bits per heavy atom. The maximum absolute atomic E-state index is 3.62. The Labute approximate surface area is 101 Å². The molecule has 0 aliphatic heterocycles. The first-order chi connectivity index (χ1) is 6.63. The topological polar surface area (TPSA) is 0 Å². The van der Waals surface area contributed by atoms with Gasteiger partial charge in [0.1, 0.15) is 0 Å². The maximum Gasteiger partial charge on any atom is 0.0398 e. The molecule has 0 unspecified atom stereocenters. The van der Waals surface area contributed by atoms with E-state index in [0.717, 1.165) is 8.95 Å². The average molecular weight is 314 g/mol. The van der Waals surface area contributed by atoms with E-state index in [0.29, 0.717) is 0 Å². The number of fused-ring (bicyclic) bond motifs is 1. The summed E-state index contributed by atoms with van der Waals surface area (Å²) in [5.41, 5.74) is 2.64. The summed E-state index contributed by atoms with van der Waals surface area (Å²) in [5.74, 6) is 0. The zero-order valence-electron chi connectivity index (χ0n) is 8.07. The van der Waals surface area contributed by atoms with Gasteiger partial charge in [-0.2, -0.15) is 0 Å². The zero-order chi connectivity index (χ0) is 10.3. The van der Waals surface area contributed by atoms with Crippen LogP contribution in [0.2, 0.25) is 0 Å². The summed E-state index contributed by atoms with van der Waals surface area (Å²) >= 11 is 7.22. The van der Waals surface area contributed by atoms with Crippen molar-refractivity contribution in [3.63, 3.8) is 0 Å². The summed E-state index contributed by atoms with van der Waals surface area (Å²) < 4.78 is 2.31. The van der Waals surface area contributed by atoms with Crippen molar-refractivity contribution >= 4 is 42.6 Å². The van der Waals surface area contributed by atoms with E-state index in [9.17, 15) is 0 Å². The van der Waals surface area contributed by atoms with Crippen LogP contribution in [0.5, 0.6) is 0 Å². The maximum atomic E-state index is 3.62. The van der Waals surface area contributed by atoms with Crippen LogP contribution in [0.3, 0.4) is 0 Å². The highest BCUT2D eigenvalue weighted by Gasteiger charge is 2.09. The van der Waals surface area contributed by atoms with Crippen molar-refractivity contribution in [1.29, 1.82) is 0 Å². The second kappa shape index (κ2) is 3.67. The average Bonchev–Trinajstić information content (AvgIpc) is 2.23. The molecule has 0 aliphatic carbocycles. The number of halogens is 2. The first-order valence-electron chi connectivity index (χ1n) is 4.46. The molecule has 0 amide bonds. The van der Waals surface area contributed by atoms with E-state index in [1.54, 1.807) is 0 Å². The Bertz CT molecular complexity index is 455. The summed E-state index contributed by atoms with van der Waals surface area (Å²) in [4.78, 5) is 0. The zero-order valence-corrected chi connectivity index (χ0v) is 11.2. The van der Waals surface area contributed by atoms with Crippen molar-refractivity contribution < 1.29 is 0 Å². The highest BCUT2D eigenvalue weighted by Crippen LogP contribution is 2.36. The van der Waals surface area contributed by atoms with Crippen molar-refractivity contribution in [3.8, 4) is 0 Å². The molecule has 0 spiro atoms. The van der Waals surface area contributed by atoms with E-state index in [1.807, 2.05) is 0 Å². The van der Waals surface area contributed by atoms with Gasteiger partial charge in [-0.25, -0.2) is 0 Å². The Morgan fingerprint density at radius 3 is 2.00 bits per heavy atom. The minimum atomic E-state index is 1.15. The molecule has 14 heavy (non-hydrogen) atoms. The van der Waals surface area contributed by atoms with E-state index < -0.39 is 0 Å². The molecule has 72 valence electrons. The monoisotopic (exact) mass is 312 g/mol. The third-order valence-electron chi connectivity index (χ3n) is 2.65. The van der Waals surface area contributed by atoms with E-state index in [1.165, 1.54) is 21.9 Å². The summed E-state index contributed by atoms with van der Waals surface area (Å²) in [7, 11) is 0. The van der Waals surface area contributed by atoms with Crippen LogP contribution in [0.4, 0.5) is 0 Å². The standard InChI is InChI=1S/C12H10Br2/c1-7-8(2)11(13)12(14)10-6-4-3-5-9(7)10/h3-6H,1-2H3. The molecule has 0 bridgehead atoms. The molecule has 0 saturated heterocycles. The van der Waals surface area contributed by atoms with Gasteiger partial charge >= 0.3 is 0 Å². The number of rotatable bonds is 0. The normalized spacial score (nSPS) is 10.9. The Hall–Kier alpha value is -0.340. The summed E-state index contributed by atoms with van der Waals surface area (Å²) in [6.45, 7) is 4.30. The van der Waals surface area contributed by atoms with E-state index >= 15 is 0 Å². The molecule has 0 atom stereocenters. The van der Waals surface area contributed by atoms with Crippen LogP contribution in [-0.2, 0) is 0 Å². The number of benzene rings is 2. The number of aryl methyl sites for hydroxylation is 1. The van der Waals surface area contributed by atoms with Crippen LogP contribution in [0.15, 0.2) is 33.2 Å². The van der Waals surface area contributed by atoms with Gasteiger partial charge in [-0.15, -0.1) is 0 Å². The molecule has 0 aliphatic rings. The van der Waals surface area contributed by atoms with Gasteiger partial charge < -0.3 is 0 Å². The molecule has 0 nitrogen and oxygen atoms in total. The van der Waals surface area contributed by atoms with Gasteiger partial charge in [0.15, 0.2) is 0 Å². The van der Waals surface area contributed by atoms with E-state index in [-0.39, 0.29) is 0 Å². The smallest absolute Gasteiger partial charge is 0.0398 e. The van der Waals surface area contributed by atoms with Gasteiger partial charge in [0.05, 0.1) is 0 Å². The fourth-order valence-electron chi connectivity index (χ4n) is 1.65. The highest BCUT2D eigenvalue weighted by atomic mass is 79.9. The lowest BCUT2D eigenvalue weighted by Crippen LogP contribution is -1.87.